The lowest BCUT2D eigenvalue weighted by molar-refractivity contribution is -0.144. The molecule has 1 heterocycles. The zero-order valence-electron chi connectivity index (χ0n) is 11.4. The van der Waals surface area contributed by atoms with Crippen LogP contribution in [0.5, 0.6) is 0 Å². The first kappa shape index (κ1) is 13.5. The van der Waals surface area contributed by atoms with Crippen molar-refractivity contribution in [3.8, 4) is 0 Å². The number of pyridine rings is 1. The van der Waals surface area contributed by atoms with Gasteiger partial charge in [0, 0.05) is 12.1 Å². The van der Waals surface area contributed by atoms with Crippen LogP contribution < -0.4 is 5.32 Å². The fourth-order valence-corrected chi connectivity index (χ4v) is 3.90. The van der Waals surface area contributed by atoms with E-state index in [-0.39, 0.29) is 23.8 Å². The van der Waals surface area contributed by atoms with E-state index in [0.29, 0.717) is 11.8 Å². The Morgan fingerprint density at radius 3 is 2.85 bits per heavy atom. The van der Waals surface area contributed by atoms with E-state index in [4.69, 9.17) is 0 Å². The predicted molar refractivity (Wildman–Crippen MR) is 71.5 cm³/mol. The molecule has 1 aromatic heterocycles. The van der Waals surface area contributed by atoms with Crippen molar-refractivity contribution in [3.63, 3.8) is 0 Å². The molecule has 0 aliphatic heterocycles. The number of nitrogens with zero attached hydrogens (tertiary/aromatic N) is 1. The van der Waals surface area contributed by atoms with Crippen molar-refractivity contribution in [2.24, 2.45) is 17.8 Å². The van der Waals surface area contributed by atoms with Gasteiger partial charge in [-0.25, -0.2) is 4.39 Å². The van der Waals surface area contributed by atoms with Gasteiger partial charge in [-0.1, -0.05) is 0 Å². The number of hydrogen-bond acceptors (Lipinski definition) is 3. The number of hydrogen-bond donors (Lipinski definition) is 2. The molecule has 20 heavy (non-hydrogen) atoms. The summed E-state index contributed by atoms with van der Waals surface area (Å²) >= 11 is 0. The topological polar surface area (TPSA) is 62.2 Å². The van der Waals surface area contributed by atoms with Gasteiger partial charge in [-0.05, 0) is 50.2 Å². The average Bonchev–Trinajstić information content (AvgIpc) is 3.00. The first-order chi connectivity index (χ1) is 9.56. The first-order valence-electron chi connectivity index (χ1n) is 7.16. The lowest BCUT2D eigenvalue weighted by atomic mass is 9.84. The summed E-state index contributed by atoms with van der Waals surface area (Å²) in [6.45, 7) is 1.95. The molecule has 108 valence electrons. The molecule has 0 amide bonds. The van der Waals surface area contributed by atoms with Crippen molar-refractivity contribution in [2.45, 2.75) is 38.3 Å². The Kier molecular flexibility index (Phi) is 3.46. The largest absolute Gasteiger partial charge is 0.481 e. The maximum Gasteiger partial charge on any atom is 0.308 e. The second-order valence-corrected chi connectivity index (χ2v) is 6.01. The molecule has 3 rings (SSSR count). The first-order valence-corrected chi connectivity index (χ1v) is 7.16. The van der Waals surface area contributed by atoms with Crippen LogP contribution in [0.1, 0.15) is 37.9 Å². The van der Waals surface area contributed by atoms with Gasteiger partial charge in [0.2, 0.25) is 0 Å². The molecule has 5 heteroatoms. The van der Waals surface area contributed by atoms with Crippen molar-refractivity contribution in [1.82, 2.24) is 10.3 Å². The standard InChI is InChI=1S/C15H19FN2O2/c1-8(12-5-4-11(16)7-17-12)18-14-10-3-2-9(6-10)13(14)15(19)20/h4-5,7-10,13-14,18H,2-3,6H2,1H3,(H,19,20). The Morgan fingerprint density at radius 2 is 2.20 bits per heavy atom. The van der Waals surface area contributed by atoms with E-state index < -0.39 is 5.97 Å². The zero-order chi connectivity index (χ0) is 14.3. The minimum Gasteiger partial charge on any atom is -0.481 e. The maximum atomic E-state index is 12.9. The highest BCUT2D eigenvalue weighted by molar-refractivity contribution is 5.72. The van der Waals surface area contributed by atoms with Crippen LogP contribution in [0.2, 0.25) is 0 Å². The van der Waals surface area contributed by atoms with Gasteiger partial charge >= 0.3 is 5.97 Å². The molecule has 5 atom stereocenters. The number of carboxylic acids is 1. The van der Waals surface area contributed by atoms with E-state index >= 15 is 0 Å². The van der Waals surface area contributed by atoms with Gasteiger partial charge in [0.05, 0.1) is 17.8 Å². The summed E-state index contributed by atoms with van der Waals surface area (Å²) in [5.41, 5.74) is 0.748. The SMILES string of the molecule is CC(NC1C2CCC(C2)C1C(=O)O)c1ccc(F)cn1. The minimum absolute atomic E-state index is 0.00750. The van der Waals surface area contributed by atoms with Gasteiger partial charge in [0.1, 0.15) is 5.82 Å². The van der Waals surface area contributed by atoms with Crippen LogP contribution in [-0.4, -0.2) is 22.1 Å². The summed E-state index contributed by atoms with van der Waals surface area (Å²) in [6.07, 6.45) is 4.35. The quantitative estimate of drug-likeness (QED) is 0.887. The fraction of sp³-hybridized carbons (Fsp3) is 0.600. The second-order valence-electron chi connectivity index (χ2n) is 6.01. The van der Waals surface area contributed by atoms with Gasteiger partial charge in [-0.3, -0.25) is 9.78 Å². The van der Waals surface area contributed by atoms with Crippen molar-refractivity contribution in [1.29, 1.82) is 0 Å². The van der Waals surface area contributed by atoms with E-state index in [9.17, 15) is 14.3 Å². The van der Waals surface area contributed by atoms with E-state index in [1.807, 2.05) is 6.92 Å². The summed E-state index contributed by atoms with van der Waals surface area (Å²) in [5, 5.41) is 12.8. The third kappa shape index (κ3) is 2.30. The number of rotatable bonds is 4. The predicted octanol–water partition coefficient (Wildman–Crippen LogP) is 2.37. The van der Waals surface area contributed by atoms with E-state index in [1.165, 1.54) is 12.3 Å². The molecular formula is C15H19FN2O2. The molecular weight excluding hydrogens is 259 g/mol. The maximum absolute atomic E-state index is 12.9. The van der Waals surface area contributed by atoms with Gasteiger partial charge < -0.3 is 10.4 Å². The number of fused-ring (bicyclic) bond motifs is 2. The molecule has 0 spiro atoms. The molecule has 2 fully saturated rings. The van der Waals surface area contributed by atoms with E-state index in [2.05, 4.69) is 10.3 Å². The Balaban J connectivity index is 1.73. The molecule has 2 bridgehead atoms. The van der Waals surface area contributed by atoms with Crippen LogP contribution in [-0.2, 0) is 4.79 Å². The number of nitrogens with one attached hydrogen (secondary N) is 1. The number of aromatic nitrogens is 1. The summed E-state index contributed by atoms with van der Waals surface area (Å²) in [4.78, 5) is 15.5. The minimum atomic E-state index is -0.700. The van der Waals surface area contributed by atoms with E-state index in [0.717, 1.165) is 25.0 Å². The highest BCUT2D eigenvalue weighted by Gasteiger charge is 2.51. The lowest BCUT2D eigenvalue weighted by Crippen LogP contribution is -2.45. The molecule has 2 aliphatic rings. The van der Waals surface area contributed by atoms with Gasteiger partial charge in [0.15, 0.2) is 0 Å². The summed E-state index contributed by atoms with van der Waals surface area (Å²) in [5.74, 6) is -0.595. The zero-order valence-corrected chi connectivity index (χ0v) is 11.4. The average molecular weight is 278 g/mol. The molecule has 0 aromatic carbocycles. The Morgan fingerprint density at radius 1 is 1.45 bits per heavy atom. The third-order valence-corrected chi connectivity index (χ3v) is 4.84. The molecule has 2 saturated carbocycles. The monoisotopic (exact) mass is 278 g/mol. The smallest absolute Gasteiger partial charge is 0.308 e. The number of carbonyl (C=O) groups is 1. The normalized spacial score (nSPS) is 33.3. The van der Waals surface area contributed by atoms with Crippen LogP contribution in [0.4, 0.5) is 4.39 Å². The summed E-state index contributed by atoms with van der Waals surface area (Å²) in [7, 11) is 0. The number of aliphatic carboxylic acids is 1. The molecule has 0 radical (unpaired) electrons. The third-order valence-electron chi connectivity index (χ3n) is 4.84. The number of halogens is 1. The molecule has 0 saturated heterocycles. The van der Waals surface area contributed by atoms with Crippen LogP contribution >= 0.6 is 0 Å². The number of carboxylic acid groups (broad SMARTS) is 1. The molecule has 2 N–H and O–H groups in total. The van der Waals surface area contributed by atoms with Crippen LogP contribution in [0.25, 0.3) is 0 Å². The summed E-state index contributed by atoms with van der Waals surface area (Å²) < 4.78 is 12.9. The van der Waals surface area contributed by atoms with Crippen LogP contribution in [0.15, 0.2) is 18.3 Å². The van der Waals surface area contributed by atoms with Crippen molar-refractivity contribution in [2.75, 3.05) is 0 Å². The van der Waals surface area contributed by atoms with Gasteiger partial charge in [-0.2, -0.15) is 0 Å². The molecule has 1 aromatic rings. The second kappa shape index (κ2) is 5.13. The van der Waals surface area contributed by atoms with Crippen LogP contribution in [0, 0.1) is 23.6 Å². The fourth-order valence-electron chi connectivity index (χ4n) is 3.90. The Labute approximate surface area is 117 Å². The van der Waals surface area contributed by atoms with Crippen LogP contribution in [0.3, 0.4) is 0 Å². The highest BCUT2D eigenvalue weighted by Crippen LogP contribution is 2.49. The highest BCUT2D eigenvalue weighted by atomic mass is 19.1. The van der Waals surface area contributed by atoms with E-state index in [1.54, 1.807) is 6.07 Å². The Bertz CT molecular complexity index is 505. The molecule has 2 aliphatic carbocycles. The van der Waals surface area contributed by atoms with Gasteiger partial charge in [-0.15, -0.1) is 0 Å². The Hall–Kier alpha value is -1.49. The summed E-state index contributed by atoms with van der Waals surface area (Å²) in [6, 6.07) is 2.97. The lowest BCUT2D eigenvalue weighted by Gasteiger charge is -2.31. The van der Waals surface area contributed by atoms with Crippen molar-refractivity contribution in [3.05, 3.63) is 29.8 Å². The molecule has 4 nitrogen and oxygen atoms in total. The van der Waals surface area contributed by atoms with Crippen molar-refractivity contribution < 1.29 is 14.3 Å². The van der Waals surface area contributed by atoms with Crippen molar-refractivity contribution >= 4 is 5.97 Å². The van der Waals surface area contributed by atoms with Gasteiger partial charge in [0.25, 0.3) is 0 Å². The molecule has 5 unspecified atom stereocenters.